The lowest BCUT2D eigenvalue weighted by Crippen LogP contribution is -2.32. The van der Waals surface area contributed by atoms with Crippen LogP contribution in [0.1, 0.15) is 25.7 Å². The lowest BCUT2D eigenvalue weighted by atomic mass is 10.2. The smallest absolute Gasteiger partial charge is 0.303 e. The summed E-state index contributed by atoms with van der Waals surface area (Å²) in [6, 6.07) is 0. The van der Waals surface area contributed by atoms with Gasteiger partial charge in [-0.2, -0.15) is 0 Å². The number of aliphatic hydroxyl groups excluding tert-OH is 2. The second kappa shape index (κ2) is 8.64. The zero-order valence-corrected chi connectivity index (χ0v) is 9.22. The highest BCUT2D eigenvalue weighted by molar-refractivity contribution is 5.66. The topological polar surface area (TPSA) is 81.0 Å². The number of carboxylic acids is 1. The van der Waals surface area contributed by atoms with E-state index >= 15 is 0 Å². The SMILES string of the molecule is CN(CCCCCC(=O)O)CC(O)CO. The summed E-state index contributed by atoms with van der Waals surface area (Å²) in [5.41, 5.74) is 0. The van der Waals surface area contributed by atoms with Crippen molar-refractivity contribution in [1.29, 1.82) is 0 Å². The number of likely N-dealkylation sites (N-methyl/N-ethyl adjacent to an activating group) is 1. The van der Waals surface area contributed by atoms with E-state index < -0.39 is 12.1 Å². The maximum atomic E-state index is 10.2. The Hall–Kier alpha value is -0.650. The second-order valence-electron chi connectivity index (χ2n) is 3.80. The van der Waals surface area contributed by atoms with E-state index in [9.17, 15) is 4.79 Å². The van der Waals surface area contributed by atoms with Crippen LogP contribution in [-0.2, 0) is 4.79 Å². The zero-order chi connectivity index (χ0) is 11.7. The summed E-state index contributed by atoms with van der Waals surface area (Å²) in [7, 11) is 1.87. The van der Waals surface area contributed by atoms with E-state index in [0.717, 1.165) is 19.4 Å². The lowest BCUT2D eigenvalue weighted by Gasteiger charge is -2.18. The molecule has 15 heavy (non-hydrogen) atoms. The Morgan fingerprint density at radius 3 is 2.53 bits per heavy atom. The molecule has 0 amide bonds. The summed E-state index contributed by atoms with van der Waals surface area (Å²) in [5, 5.41) is 26.1. The van der Waals surface area contributed by atoms with Crippen LogP contribution in [0.25, 0.3) is 0 Å². The number of nitrogens with zero attached hydrogens (tertiary/aromatic N) is 1. The van der Waals surface area contributed by atoms with E-state index in [1.165, 1.54) is 0 Å². The molecule has 0 fully saturated rings. The van der Waals surface area contributed by atoms with Gasteiger partial charge in [0, 0.05) is 13.0 Å². The summed E-state index contributed by atoms with van der Waals surface area (Å²) in [6.45, 7) is 1.05. The second-order valence-corrected chi connectivity index (χ2v) is 3.80. The van der Waals surface area contributed by atoms with E-state index in [4.69, 9.17) is 15.3 Å². The van der Waals surface area contributed by atoms with Gasteiger partial charge >= 0.3 is 5.97 Å². The predicted octanol–water partition coefficient (Wildman–Crippen LogP) is -0.0836. The average Bonchev–Trinajstić information content (AvgIpc) is 2.16. The Morgan fingerprint density at radius 1 is 1.33 bits per heavy atom. The molecule has 1 unspecified atom stereocenters. The Balaban J connectivity index is 3.31. The molecular formula is C10H21NO4. The summed E-state index contributed by atoms with van der Waals surface area (Å²) in [5.74, 6) is -0.751. The van der Waals surface area contributed by atoms with Crippen LogP contribution >= 0.6 is 0 Å². The number of carboxylic acid groups (broad SMARTS) is 1. The molecule has 0 spiro atoms. The summed E-state index contributed by atoms with van der Waals surface area (Å²) in [6.07, 6.45) is 2.04. The van der Waals surface area contributed by atoms with Crippen LogP contribution in [0.2, 0.25) is 0 Å². The number of hydrogen-bond donors (Lipinski definition) is 3. The minimum atomic E-state index is -0.751. The Kier molecular flexibility index (Phi) is 8.27. The van der Waals surface area contributed by atoms with Gasteiger partial charge < -0.3 is 20.2 Å². The van der Waals surface area contributed by atoms with Crippen molar-refractivity contribution in [2.45, 2.75) is 31.8 Å². The fraction of sp³-hybridized carbons (Fsp3) is 0.900. The van der Waals surface area contributed by atoms with Crippen molar-refractivity contribution >= 4 is 5.97 Å². The van der Waals surface area contributed by atoms with Gasteiger partial charge in [0.25, 0.3) is 0 Å². The molecular weight excluding hydrogens is 198 g/mol. The fourth-order valence-electron chi connectivity index (χ4n) is 1.34. The molecule has 5 nitrogen and oxygen atoms in total. The Labute approximate surface area is 90.3 Å². The minimum absolute atomic E-state index is 0.219. The number of aliphatic carboxylic acids is 1. The average molecular weight is 219 g/mol. The van der Waals surface area contributed by atoms with Crippen LogP contribution < -0.4 is 0 Å². The molecule has 0 aromatic rings. The predicted molar refractivity (Wildman–Crippen MR) is 56.7 cm³/mol. The van der Waals surface area contributed by atoms with E-state index in [0.29, 0.717) is 13.0 Å². The highest BCUT2D eigenvalue weighted by Gasteiger charge is 2.06. The molecule has 0 heterocycles. The summed E-state index contributed by atoms with van der Waals surface area (Å²) in [4.78, 5) is 12.1. The van der Waals surface area contributed by atoms with Crippen molar-refractivity contribution in [3.8, 4) is 0 Å². The van der Waals surface area contributed by atoms with Gasteiger partial charge in [-0.3, -0.25) is 4.79 Å². The van der Waals surface area contributed by atoms with Crippen molar-refractivity contribution in [3.05, 3.63) is 0 Å². The van der Waals surface area contributed by atoms with Crippen molar-refractivity contribution in [1.82, 2.24) is 4.90 Å². The molecule has 0 aliphatic heterocycles. The first-order valence-electron chi connectivity index (χ1n) is 5.25. The molecule has 0 aliphatic rings. The molecule has 3 N–H and O–H groups in total. The molecule has 90 valence electrons. The van der Waals surface area contributed by atoms with Crippen LogP contribution in [0.5, 0.6) is 0 Å². The first-order valence-corrected chi connectivity index (χ1v) is 5.25. The van der Waals surface area contributed by atoms with Crippen LogP contribution in [-0.4, -0.2) is 59.0 Å². The highest BCUT2D eigenvalue weighted by Crippen LogP contribution is 2.01. The zero-order valence-electron chi connectivity index (χ0n) is 9.22. The van der Waals surface area contributed by atoms with E-state index in [1.807, 2.05) is 11.9 Å². The highest BCUT2D eigenvalue weighted by atomic mass is 16.4. The Morgan fingerprint density at radius 2 is 2.00 bits per heavy atom. The molecule has 0 aromatic heterocycles. The first kappa shape index (κ1) is 14.3. The molecule has 5 heteroatoms. The molecule has 0 aromatic carbocycles. The number of unbranched alkanes of at least 4 members (excludes halogenated alkanes) is 2. The van der Waals surface area contributed by atoms with Gasteiger partial charge in [0.1, 0.15) is 0 Å². The molecule has 1 atom stereocenters. The maximum Gasteiger partial charge on any atom is 0.303 e. The third-order valence-corrected chi connectivity index (χ3v) is 2.16. The first-order chi connectivity index (χ1) is 7.06. The molecule has 0 bridgehead atoms. The summed E-state index contributed by atoms with van der Waals surface area (Å²) >= 11 is 0. The third kappa shape index (κ3) is 9.65. The monoisotopic (exact) mass is 219 g/mol. The standard InChI is InChI=1S/C10H21NO4/c1-11(7-9(13)8-12)6-4-2-3-5-10(14)15/h9,12-13H,2-8H2,1H3,(H,14,15). The molecule has 0 aliphatic carbocycles. The van der Waals surface area contributed by atoms with E-state index in [2.05, 4.69) is 0 Å². The lowest BCUT2D eigenvalue weighted by molar-refractivity contribution is -0.137. The van der Waals surface area contributed by atoms with Gasteiger partial charge in [0.05, 0.1) is 12.7 Å². The maximum absolute atomic E-state index is 10.2. The largest absolute Gasteiger partial charge is 0.481 e. The van der Waals surface area contributed by atoms with Crippen LogP contribution in [0, 0.1) is 0 Å². The van der Waals surface area contributed by atoms with Gasteiger partial charge in [0.15, 0.2) is 0 Å². The Bertz CT molecular complexity index is 175. The van der Waals surface area contributed by atoms with Gasteiger partial charge in [-0.25, -0.2) is 0 Å². The van der Waals surface area contributed by atoms with Gasteiger partial charge in [-0.1, -0.05) is 6.42 Å². The van der Waals surface area contributed by atoms with Crippen LogP contribution in [0.15, 0.2) is 0 Å². The number of aliphatic hydroxyl groups is 2. The van der Waals surface area contributed by atoms with Gasteiger partial charge in [0.2, 0.25) is 0 Å². The fourth-order valence-corrected chi connectivity index (χ4v) is 1.34. The van der Waals surface area contributed by atoms with Gasteiger partial charge in [-0.15, -0.1) is 0 Å². The third-order valence-electron chi connectivity index (χ3n) is 2.16. The van der Waals surface area contributed by atoms with Crippen molar-refractivity contribution in [3.63, 3.8) is 0 Å². The van der Waals surface area contributed by atoms with Crippen molar-refractivity contribution in [2.24, 2.45) is 0 Å². The summed E-state index contributed by atoms with van der Waals surface area (Å²) < 4.78 is 0. The van der Waals surface area contributed by atoms with E-state index in [-0.39, 0.29) is 13.0 Å². The minimum Gasteiger partial charge on any atom is -0.481 e. The normalized spacial score (nSPS) is 13.1. The molecule has 0 rings (SSSR count). The number of carbonyl (C=O) groups is 1. The van der Waals surface area contributed by atoms with Gasteiger partial charge in [-0.05, 0) is 26.4 Å². The number of hydrogen-bond acceptors (Lipinski definition) is 4. The van der Waals surface area contributed by atoms with Crippen molar-refractivity contribution < 1.29 is 20.1 Å². The van der Waals surface area contributed by atoms with Crippen molar-refractivity contribution in [2.75, 3.05) is 26.7 Å². The van der Waals surface area contributed by atoms with Crippen LogP contribution in [0.4, 0.5) is 0 Å². The molecule has 0 saturated carbocycles. The quantitative estimate of drug-likeness (QED) is 0.472. The molecule has 0 saturated heterocycles. The molecule has 0 radical (unpaired) electrons. The van der Waals surface area contributed by atoms with E-state index in [1.54, 1.807) is 0 Å². The number of rotatable bonds is 9. The van der Waals surface area contributed by atoms with Crippen LogP contribution in [0.3, 0.4) is 0 Å².